The number of benzene rings is 2. The Hall–Kier alpha value is -4.56. The summed E-state index contributed by atoms with van der Waals surface area (Å²) in [6, 6.07) is 9.04. The average molecular weight is 639 g/mol. The first-order valence-corrected chi connectivity index (χ1v) is 15.0. The fraction of sp³-hybridized carbons (Fsp3) is 0.355. The van der Waals surface area contributed by atoms with Gasteiger partial charge in [-0.3, -0.25) is 9.59 Å². The van der Waals surface area contributed by atoms with E-state index in [1.165, 1.54) is 36.6 Å². The van der Waals surface area contributed by atoms with Crippen LogP contribution in [0.5, 0.6) is 23.0 Å². The minimum atomic E-state index is -3.82. The minimum absolute atomic E-state index is 0.0849. The number of alkyl halides is 2. The molecule has 0 saturated heterocycles. The lowest BCUT2D eigenvalue weighted by atomic mass is 9.81. The number of methoxy groups -OCH3 is 1. The highest BCUT2D eigenvalue weighted by Gasteiger charge is 2.50. The Morgan fingerprint density at radius 1 is 1.18 bits per heavy atom. The summed E-state index contributed by atoms with van der Waals surface area (Å²) in [5.41, 5.74) is 4.95. The number of nitrogens with one attached hydrogen (secondary N) is 1. The number of pyridine rings is 1. The minimum Gasteiger partial charge on any atom is -0.494 e. The lowest BCUT2D eigenvalue weighted by molar-refractivity contribution is -0.286. The number of hydrogen-bond donors (Lipinski definition) is 3. The highest BCUT2D eigenvalue weighted by Crippen LogP contribution is 2.51. The van der Waals surface area contributed by atoms with Gasteiger partial charge in [-0.05, 0) is 69.0 Å². The molecule has 2 aromatic heterocycles. The number of primary amides is 1. The van der Waals surface area contributed by atoms with Crippen LogP contribution in [0.1, 0.15) is 46.4 Å². The standard InChI is InChI=1S/C31H28F2N4O7S/c1-14-36-25-21(41-3)9-16(10-22(25)45-14)27(38)35-12-30(40,17-5-6-17)23-11-18-26(42-13-29(18,2)28(34)39)24(37-23)15-4-7-19-20(8-15)44-31(32,33)43-19/h4,7-11,17,40H,5-6,12-13H2,1-3H3,(H2,34,39)(H,35,38)/t29-,30+/m0/s1. The number of fused-ring (bicyclic) bond motifs is 3. The number of carbonyl (C=O) groups is 2. The van der Waals surface area contributed by atoms with E-state index in [2.05, 4.69) is 19.8 Å². The molecule has 0 spiro atoms. The van der Waals surface area contributed by atoms with Gasteiger partial charge in [0.2, 0.25) is 5.91 Å². The molecule has 0 bridgehead atoms. The van der Waals surface area contributed by atoms with Crippen LogP contribution in [-0.2, 0) is 15.8 Å². The molecule has 7 rings (SSSR count). The SMILES string of the molecule is COc1cc(C(=O)NC[C@](O)(c2cc3c(c(-c4ccc5c(c4)OC(F)(F)O5)n2)OC[C@]3(C)C(N)=O)C2CC2)cc2sc(C)nc12. The smallest absolute Gasteiger partial charge is 0.494 e. The zero-order valence-electron chi connectivity index (χ0n) is 24.4. The molecule has 0 radical (unpaired) electrons. The Morgan fingerprint density at radius 3 is 2.64 bits per heavy atom. The lowest BCUT2D eigenvalue weighted by Gasteiger charge is -2.30. The topological polar surface area (TPSA) is 155 Å². The molecule has 4 heterocycles. The number of hydrogen-bond acceptors (Lipinski definition) is 10. The zero-order valence-corrected chi connectivity index (χ0v) is 25.2. The average Bonchev–Trinajstić information content (AvgIpc) is 3.61. The molecular formula is C31H28F2N4O7S. The molecule has 1 saturated carbocycles. The zero-order chi connectivity index (χ0) is 31.9. The number of aliphatic hydroxyl groups is 1. The van der Waals surface area contributed by atoms with Crippen LogP contribution in [0.3, 0.4) is 0 Å². The number of amides is 2. The van der Waals surface area contributed by atoms with Crippen LogP contribution in [0.2, 0.25) is 0 Å². The van der Waals surface area contributed by atoms with Crippen molar-refractivity contribution in [2.45, 2.75) is 44.0 Å². The van der Waals surface area contributed by atoms with Gasteiger partial charge >= 0.3 is 6.29 Å². The van der Waals surface area contributed by atoms with Gasteiger partial charge in [-0.15, -0.1) is 20.1 Å². The molecule has 2 atom stereocenters. The van der Waals surface area contributed by atoms with E-state index < -0.39 is 29.1 Å². The first-order chi connectivity index (χ1) is 21.3. The highest BCUT2D eigenvalue weighted by atomic mass is 32.1. The first kappa shape index (κ1) is 29.2. The quantitative estimate of drug-likeness (QED) is 0.258. The van der Waals surface area contributed by atoms with Gasteiger partial charge in [0, 0.05) is 16.7 Å². The number of thiazole rings is 1. The second-order valence-electron chi connectivity index (χ2n) is 11.7. The van der Waals surface area contributed by atoms with Crippen LogP contribution < -0.4 is 30.0 Å². The van der Waals surface area contributed by atoms with E-state index in [0.29, 0.717) is 40.8 Å². The Balaban J connectivity index is 1.28. The lowest BCUT2D eigenvalue weighted by Crippen LogP contribution is -2.44. The van der Waals surface area contributed by atoms with Crippen molar-refractivity contribution in [2.75, 3.05) is 20.3 Å². The number of halogens is 2. The number of carbonyl (C=O) groups excluding carboxylic acids is 2. The van der Waals surface area contributed by atoms with Crippen molar-refractivity contribution in [2.24, 2.45) is 11.7 Å². The van der Waals surface area contributed by atoms with Crippen LogP contribution in [0.25, 0.3) is 21.5 Å². The van der Waals surface area contributed by atoms with Crippen molar-refractivity contribution < 1.29 is 42.4 Å². The molecule has 11 nitrogen and oxygen atoms in total. The summed E-state index contributed by atoms with van der Waals surface area (Å²) in [7, 11) is 1.50. The van der Waals surface area contributed by atoms with E-state index >= 15 is 0 Å². The van der Waals surface area contributed by atoms with E-state index in [1.807, 2.05) is 6.92 Å². The maximum absolute atomic E-state index is 13.8. The number of nitrogens with two attached hydrogens (primary N) is 1. The summed E-state index contributed by atoms with van der Waals surface area (Å²) in [6.07, 6.45) is -2.48. The molecule has 2 aliphatic heterocycles. The summed E-state index contributed by atoms with van der Waals surface area (Å²) >= 11 is 1.43. The third-order valence-electron chi connectivity index (χ3n) is 8.55. The molecule has 234 valence electrons. The van der Waals surface area contributed by atoms with Crippen LogP contribution in [0.4, 0.5) is 8.78 Å². The molecule has 1 fully saturated rings. The Morgan fingerprint density at radius 2 is 1.93 bits per heavy atom. The van der Waals surface area contributed by atoms with Crippen LogP contribution in [0.15, 0.2) is 36.4 Å². The third kappa shape index (κ3) is 4.79. The molecule has 4 aromatic rings. The molecule has 2 amide bonds. The van der Waals surface area contributed by atoms with Gasteiger partial charge in [-0.25, -0.2) is 9.97 Å². The van der Waals surface area contributed by atoms with Gasteiger partial charge in [-0.1, -0.05) is 0 Å². The van der Waals surface area contributed by atoms with Crippen molar-refractivity contribution >= 4 is 33.4 Å². The van der Waals surface area contributed by atoms with Gasteiger partial charge in [-0.2, -0.15) is 0 Å². The number of nitrogens with zero attached hydrogens (tertiary/aromatic N) is 2. The maximum Gasteiger partial charge on any atom is 0.586 e. The molecule has 45 heavy (non-hydrogen) atoms. The third-order valence-corrected chi connectivity index (χ3v) is 9.47. The van der Waals surface area contributed by atoms with Gasteiger partial charge in [0.1, 0.15) is 40.3 Å². The summed E-state index contributed by atoms with van der Waals surface area (Å²) in [6.45, 7) is 3.20. The molecular weight excluding hydrogens is 610 g/mol. The highest BCUT2D eigenvalue weighted by molar-refractivity contribution is 7.18. The van der Waals surface area contributed by atoms with Crippen molar-refractivity contribution in [3.05, 3.63) is 58.2 Å². The molecule has 0 unspecified atom stereocenters. The predicted molar refractivity (Wildman–Crippen MR) is 158 cm³/mol. The summed E-state index contributed by atoms with van der Waals surface area (Å²) in [4.78, 5) is 35.3. The monoisotopic (exact) mass is 638 g/mol. The van der Waals surface area contributed by atoms with Crippen LogP contribution >= 0.6 is 11.3 Å². The Labute approximate surface area is 259 Å². The predicted octanol–water partition coefficient (Wildman–Crippen LogP) is 4.16. The molecule has 4 N–H and O–H groups in total. The summed E-state index contributed by atoms with van der Waals surface area (Å²) in [5, 5.41) is 15.9. The Kier molecular flexibility index (Phi) is 6.46. The second kappa shape index (κ2) is 9.97. The van der Waals surface area contributed by atoms with E-state index in [0.717, 1.165) is 9.71 Å². The van der Waals surface area contributed by atoms with E-state index in [4.69, 9.17) is 20.2 Å². The van der Waals surface area contributed by atoms with Gasteiger partial charge in [0.25, 0.3) is 5.91 Å². The van der Waals surface area contributed by atoms with Gasteiger partial charge in [0.05, 0.1) is 29.1 Å². The second-order valence-corrected chi connectivity index (χ2v) is 12.9. The Bertz CT molecular complexity index is 1910. The largest absolute Gasteiger partial charge is 0.586 e. The summed E-state index contributed by atoms with van der Waals surface area (Å²) in [5.74, 6) is -1.02. The normalized spacial score (nSPS) is 20.8. The van der Waals surface area contributed by atoms with Crippen molar-refractivity contribution in [1.29, 1.82) is 0 Å². The number of rotatable bonds is 8. The van der Waals surface area contributed by atoms with Crippen molar-refractivity contribution in [3.8, 4) is 34.3 Å². The number of ether oxygens (including phenoxy) is 4. The fourth-order valence-electron chi connectivity index (χ4n) is 5.82. The van der Waals surface area contributed by atoms with Crippen LogP contribution in [-0.4, -0.2) is 53.4 Å². The van der Waals surface area contributed by atoms with E-state index in [1.54, 1.807) is 25.1 Å². The van der Waals surface area contributed by atoms with Gasteiger partial charge in [0.15, 0.2) is 11.5 Å². The van der Waals surface area contributed by atoms with Crippen molar-refractivity contribution in [3.63, 3.8) is 0 Å². The molecule has 1 aliphatic carbocycles. The van der Waals surface area contributed by atoms with E-state index in [9.17, 15) is 23.5 Å². The fourth-order valence-corrected chi connectivity index (χ4v) is 6.70. The first-order valence-electron chi connectivity index (χ1n) is 14.2. The van der Waals surface area contributed by atoms with Gasteiger partial charge < -0.3 is 35.1 Å². The number of aromatic nitrogens is 2. The van der Waals surface area contributed by atoms with Crippen molar-refractivity contribution in [1.82, 2.24) is 15.3 Å². The molecule has 3 aliphatic rings. The van der Waals surface area contributed by atoms with Crippen LogP contribution in [0, 0.1) is 12.8 Å². The van der Waals surface area contributed by atoms with E-state index in [-0.39, 0.29) is 47.7 Å². The maximum atomic E-state index is 13.8. The number of aryl methyl sites for hydroxylation is 1. The molecule has 2 aromatic carbocycles. The summed E-state index contributed by atoms with van der Waals surface area (Å²) < 4.78 is 48.9. The molecule has 14 heteroatoms.